The molecule has 0 spiro atoms. The average Bonchev–Trinajstić information content (AvgIpc) is 2.32. The van der Waals surface area contributed by atoms with Gasteiger partial charge in [-0.25, -0.2) is 0 Å². The summed E-state index contributed by atoms with van der Waals surface area (Å²) in [6.45, 7) is 10.4. The fraction of sp³-hybridized carbons (Fsp3) is 0.667. The van der Waals surface area contributed by atoms with Gasteiger partial charge in [-0.15, -0.1) is 0 Å². The molecule has 1 aliphatic rings. The van der Waals surface area contributed by atoms with Gasteiger partial charge < -0.3 is 5.73 Å². The third kappa shape index (κ3) is 3.45. The Morgan fingerprint density at radius 3 is 2.44 bits per heavy atom. The molecule has 0 atom stereocenters. The van der Waals surface area contributed by atoms with Crippen LogP contribution in [0.5, 0.6) is 0 Å². The van der Waals surface area contributed by atoms with Crippen molar-refractivity contribution in [2.45, 2.75) is 40.2 Å². The largest absolute Gasteiger partial charge is 0.397 e. The maximum atomic E-state index is 5.65. The summed E-state index contributed by atoms with van der Waals surface area (Å²) in [6, 6.07) is 3.97. The van der Waals surface area contributed by atoms with E-state index in [0.29, 0.717) is 5.41 Å². The van der Waals surface area contributed by atoms with E-state index in [1.165, 1.54) is 25.9 Å². The molecule has 1 aromatic rings. The molecule has 1 aromatic heterocycles. The monoisotopic (exact) mass is 247 g/mol. The summed E-state index contributed by atoms with van der Waals surface area (Å²) in [5, 5.41) is 0. The maximum Gasteiger partial charge on any atom is 0.0545 e. The van der Waals surface area contributed by atoms with Crippen LogP contribution in [0.4, 0.5) is 5.69 Å². The zero-order valence-electron chi connectivity index (χ0n) is 11.8. The highest BCUT2D eigenvalue weighted by Crippen LogP contribution is 2.34. The molecule has 0 radical (unpaired) electrons. The summed E-state index contributed by atoms with van der Waals surface area (Å²) < 4.78 is 0. The summed E-state index contributed by atoms with van der Waals surface area (Å²) in [7, 11) is 0. The molecule has 0 unspecified atom stereocenters. The highest BCUT2D eigenvalue weighted by Gasteiger charge is 2.28. The van der Waals surface area contributed by atoms with Crippen molar-refractivity contribution in [1.29, 1.82) is 0 Å². The number of hydrogen-bond donors (Lipinski definition) is 1. The third-order valence-electron chi connectivity index (χ3n) is 4.05. The van der Waals surface area contributed by atoms with Crippen molar-refractivity contribution < 1.29 is 0 Å². The van der Waals surface area contributed by atoms with E-state index in [9.17, 15) is 0 Å². The number of nitrogen functional groups attached to an aromatic ring is 1. The minimum Gasteiger partial charge on any atom is -0.397 e. The van der Waals surface area contributed by atoms with E-state index in [-0.39, 0.29) is 0 Å². The standard InChI is InChI=1S/C15H25N3/c1-15(2,3)12-6-8-18(9-7-12)11-14-5-4-13(16)10-17-14/h4-5,10,12H,6-9,11,16H2,1-3H3. The number of pyridine rings is 1. The second-order valence-corrected chi connectivity index (χ2v) is 6.50. The van der Waals surface area contributed by atoms with E-state index in [1.54, 1.807) is 6.20 Å². The van der Waals surface area contributed by atoms with Crippen LogP contribution in [0, 0.1) is 11.3 Å². The molecule has 1 saturated heterocycles. The average molecular weight is 247 g/mol. The van der Waals surface area contributed by atoms with E-state index in [4.69, 9.17) is 5.73 Å². The topological polar surface area (TPSA) is 42.1 Å². The molecule has 2 rings (SSSR count). The Kier molecular flexibility index (Phi) is 3.91. The molecule has 1 aliphatic heterocycles. The van der Waals surface area contributed by atoms with Crippen LogP contribution < -0.4 is 5.73 Å². The van der Waals surface area contributed by atoms with Gasteiger partial charge in [-0.3, -0.25) is 9.88 Å². The van der Waals surface area contributed by atoms with Crippen molar-refractivity contribution in [2.75, 3.05) is 18.8 Å². The Bertz CT molecular complexity index is 370. The molecular formula is C15H25N3. The number of likely N-dealkylation sites (tertiary alicyclic amines) is 1. The molecule has 1 fully saturated rings. The zero-order valence-corrected chi connectivity index (χ0v) is 11.8. The highest BCUT2D eigenvalue weighted by molar-refractivity contribution is 5.34. The second kappa shape index (κ2) is 5.27. The van der Waals surface area contributed by atoms with Gasteiger partial charge in [0.05, 0.1) is 17.6 Å². The van der Waals surface area contributed by atoms with Crippen LogP contribution >= 0.6 is 0 Å². The van der Waals surface area contributed by atoms with Crippen LogP contribution in [0.15, 0.2) is 18.3 Å². The Labute approximate surface area is 110 Å². The molecule has 3 heteroatoms. The maximum absolute atomic E-state index is 5.65. The Morgan fingerprint density at radius 2 is 1.94 bits per heavy atom. The lowest BCUT2D eigenvalue weighted by Crippen LogP contribution is -2.37. The minimum absolute atomic E-state index is 0.450. The van der Waals surface area contributed by atoms with Gasteiger partial charge in [-0.05, 0) is 49.4 Å². The summed E-state index contributed by atoms with van der Waals surface area (Å²) >= 11 is 0. The van der Waals surface area contributed by atoms with Crippen LogP contribution in [0.1, 0.15) is 39.3 Å². The lowest BCUT2D eigenvalue weighted by molar-refractivity contribution is 0.107. The summed E-state index contributed by atoms with van der Waals surface area (Å²) in [6.07, 6.45) is 4.36. The summed E-state index contributed by atoms with van der Waals surface area (Å²) in [5.74, 6) is 0.855. The number of nitrogens with zero attached hydrogens (tertiary/aromatic N) is 2. The molecule has 0 aromatic carbocycles. The molecule has 100 valence electrons. The number of anilines is 1. The van der Waals surface area contributed by atoms with Gasteiger partial charge in [0, 0.05) is 6.54 Å². The van der Waals surface area contributed by atoms with Crippen molar-refractivity contribution in [3.05, 3.63) is 24.0 Å². The number of hydrogen-bond acceptors (Lipinski definition) is 3. The molecule has 18 heavy (non-hydrogen) atoms. The number of aromatic nitrogens is 1. The van der Waals surface area contributed by atoms with Crippen LogP contribution in [-0.2, 0) is 6.54 Å². The van der Waals surface area contributed by atoms with Crippen molar-refractivity contribution in [3.8, 4) is 0 Å². The zero-order chi connectivity index (χ0) is 13.2. The number of nitrogens with two attached hydrogens (primary N) is 1. The quantitative estimate of drug-likeness (QED) is 0.873. The Balaban J connectivity index is 1.85. The molecule has 3 nitrogen and oxygen atoms in total. The van der Waals surface area contributed by atoms with Gasteiger partial charge in [-0.2, -0.15) is 0 Å². The molecule has 0 saturated carbocycles. The van der Waals surface area contributed by atoms with E-state index in [2.05, 4.69) is 30.7 Å². The van der Waals surface area contributed by atoms with Gasteiger partial charge >= 0.3 is 0 Å². The molecule has 0 bridgehead atoms. The van der Waals surface area contributed by atoms with Crippen molar-refractivity contribution >= 4 is 5.69 Å². The van der Waals surface area contributed by atoms with E-state index >= 15 is 0 Å². The molecule has 2 N–H and O–H groups in total. The first-order valence-corrected chi connectivity index (χ1v) is 6.88. The molecule has 0 amide bonds. The van der Waals surface area contributed by atoms with Gasteiger partial charge in [0.1, 0.15) is 0 Å². The Morgan fingerprint density at radius 1 is 1.28 bits per heavy atom. The molecule has 2 heterocycles. The van der Waals surface area contributed by atoms with E-state index in [1.807, 2.05) is 12.1 Å². The predicted octanol–water partition coefficient (Wildman–Crippen LogP) is 2.92. The van der Waals surface area contributed by atoms with Crippen LogP contribution in [0.3, 0.4) is 0 Å². The third-order valence-corrected chi connectivity index (χ3v) is 4.05. The SMILES string of the molecule is CC(C)(C)C1CCN(Cc2ccc(N)cn2)CC1. The van der Waals surface area contributed by atoms with Crippen LogP contribution in [0.25, 0.3) is 0 Å². The van der Waals surface area contributed by atoms with Crippen LogP contribution in [0.2, 0.25) is 0 Å². The fourth-order valence-corrected chi connectivity index (χ4v) is 2.72. The van der Waals surface area contributed by atoms with Crippen LogP contribution in [-0.4, -0.2) is 23.0 Å². The second-order valence-electron chi connectivity index (χ2n) is 6.50. The van der Waals surface area contributed by atoms with Crippen molar-refractivity contribution in [3.63, 3.8) is 0 Å². The minimum atomic E-state index is 0.450. The Hall–Kier alpha value is -1.09. The van der Waals surface area contributed by atoms with Gasteiger partial charge in [-0.1, -0.05) is 20.8 Å². The number of piperidine rings is 1. The summed E-state index contributed by atoms with van der Waals surface area (Å²) in [4.78, 5) is 6.87. The smallest absolute Gasteiger partial charge is 0.0545 e. The number of rotatable bonds is 2. The van der Waals surface area contributed by atoms with Crippen molar-refractivity contribution in [2.24, 2.45) is 11.3 Å². The highest BCUT2D eigenvalue weighted by atomic mass is 15.1. The molecular weight excluding hydrogens is 222 g/mol. The fourth-order valence-electron chi connectivity index (χ4n) is 2.72. The van der Waals surface area contributed by atoms with Crippen molar-refractivity contribution in [1.82, 2.24) is 9.88 Å². The van der Waals surface area contributed by atoms with E-state index in [0.717, 1.165) is 23.8 Å². The van der Waals surface area contributed by atoms with Gasteiger partial charge in [0.15, 0.2) is 0 Å². The lowest BCUT2D eigenvalue weighted by Gasteiger charge is -2.38. The first-order valence-electron chi connectivity index (χ1n) is 6.88. The molecule has 0 aliphatic carbocycles. The lowest BCUT2D eigenvalue weighted by atomic mass is 9.75. The van der Waals surface area contributed by atoms with E-state index < -0.39 is 0 Å². The van der Waals surface area contributed by atoms with Gasteiger partial charge in [0.25, 0.3) is 0 Å². The normalized spacial score (nSPS) is 19.1. The summed E-state index contributed by atoms with van der Waals surface area (Å²) in [5.41, 5.74) is 7.96. The van der Waals surface area contributed by atoms with Gasteiger partial charge in [0.2, 0.25) is 0 Å². The predicted molar refractivity (Wildman–Crippen MR) is 76.1 cm³/mol. The first kappa shape index (κ1) is 13.3. The first-order chi connectivity index (χ1) is 8.45.